The van der Waals surface area contributed by atoms with Crippen LogP contribution in [0, 0.1) is 6.92 Å². The van der Waals surface area contributed by atoms with Gasteiger partial charge >= 0.3 is 0 Å². The van der Waals surface area contributed by atoms with Gasteiger partial charge < -0.3 is 4.42 Å². The van der Waals surface area contributed by atoms with Crippen molar-refractivity contribution in [2.75, 3.05) is 0 Å². The summed E-state index contributed by atoms with van der Waals surface area (Å²) < 4.78 is 7.65. The lowest BCUT2D eigenvalue weighted by atomic mass is 10.2. The molecule has 0 amide bonds. The van der Waals surface area contributed by atoms with Crippen LogP contribution < -0.4 is 0 Å². The number of hydrogen-bond acceptors (Lipinski definition) is 6. The Balaban J connectivity index is 1.73. The van der Waals surface area contributed by atoms with E-state index in [4.69, 9.17) is 4.42 Å². The van der Waals surface area contributed by atoms with Gasteiger partial charge in [0.05, 0.1) is 23.8 Å². The van der Waals surface area contributed by atoms with Gasteiger partial charge in [-0.15, -0.1) is 10.2 Å². The lowest BCUT2D eigenvalue weighted by Gasteiger charge is -2.02. The predicted octanol–water partition coefficient (Wildman–Crippen LogP) is 3.39. The molecule has 0 saturated carbocycles. The lowest BCUT2D eigenvalue weighted by molar-refractivity contribution is 0.581. The minimum atomic E-state index is 0.355. The molecule has 0 atom stereocenters. The summed E-state index contributed by atoms with van der Waals surface area (Å²) in [5.41, 5.74) is 3.80. The lowest BCUT2D eigenvalue weighted by Crippen LogP contribution is -1.95. The highest BCUT2D eigenvalue weighted by Crippen LogP contribution is 2.26. The summed E-state index contributed by atoms with van der Waals surface area (Å²) in [4.78, 5) is 9.08. The van der Waals surface area contributed by atoms with Crippen LogP contribution in [0.15, 0.2) is 53.3 Å². The standard InChI is InChI=1S/C18H16N6O/c1-3-24-11-14(9-20-24)15-10-19-12(2)16(21-15)18-23-22-17(25-18)13-7-5-4-6-8-13/h4-11H,3H2,1-2H3. The van der Waals surface area contributed by atoms with E-state index in [1.165, 1.54) is 0 Å². The highest BCUT2D eigenvalue weighted by molar-refractivity contribution is 5.62. The Morgan fingerprint density at radius 2 is 1.80 bits per heavy atom. The number of aromatic nitrogens is 6. The zero-order valence-electron chi connectivity index (χ0n) is 13.9. The summed E-state index contributed by atoms with van der Waals surface area (Å²) >= 11 is 0. The molecule has 0 spiro atoms. The van der Waals surface area contributed by atoms with Crippen LogP contribution in [0.25, 0.3) is 34.3 Å². The summed E-state index contributed by atoms with van der Waals surface area (Å²) in [6.07, 6.45) is 5.44. The molecule has 124 valence electrons. The SMILES string of the molecule is CCn1cc(-c2cnc(C)c(-c3nnc(-c4ccccc4)o3)n2)cn1. The molecule has 3 heterocycles. The van der Waals surface area contributed by atoms with Gasteiger partial charge in [0.25, 0.3) is 5.89 Å². The largest absolute Gasteiger partial charge is 0.415 e. The van der Waals surface area contributed by atoms with Crippen molar-refractivity contribution in [3.8, 4) is 34.3 Å². The zero-order valence-corrected chi connectivity index (χ0v) is 13.9. The Kier molecular flexibility index (Phi) is 3.81. The molecule has 3 aromatic heterocycles. The second kappa shape index (κ2) is 6.27. The fraction of sp³-hybridized carbons (Fsp3) is 0.167. The summed E-state index contributed by atoms with van der Waals surface area (Å²) in [6.45, 7) is 4.71. The normalized spacial score (nSPS) is 11.0. The van der Waals surface area contributed by atoms with Crippen LogP contribution in [-0.2, 0) is 6.54 Å². The number of hydrogen-bond donors (Lipinski definition) is 0. The average molecular weight is 332 g/mol. The molecule has 4 aromatic rings. The van der Waals surface area contributed by atoms with E-state index < -0.39 is 0 Å². The summed E-state index contributed by atoms with van der Waals surface area (Å²) in [5, 5.41) is 12.5. The minimum absolute atomic E-state index is 0.355. The molecular formula is C18H16N6O. The second-order valence-corrected chi connectivity index (χ2v) is 5.55. The first kappa shape index (κ1) is 15.2. The third-order valence-corrected chi connectivity index (χ3v) is 3.86. The first-order valence-corrected chi connectivity index (χ1v) is 8.00. The van der Waals surface area contributed by atoms with Gasteiger partial charge in [0.1, 0.15) is 5.69 Å². The molecule has 0 aliphatic carbocycles. The molecule has 0 bridgehead atoms. The molecule has 7 nitrogen and oxygen atoms in total. The molecule has 0 N–H and O–H groups in total. The molecule has 0 fully saturated rings. The Hall–Kier alpha value is -3.35. The van der Waals surface area contributed by atoms with Crippen molar-refractivity contribution in [2.24, 2.45) is 0 Å². The average Bonchev–Trinajstić information content (AvgIpc) is 3.32. The third-order valence-electron chi connectivity index (χ3n) is 3.86. The van der Waals surface area contributed by atoms with Crippen molar-refractivity contribution in [3.63, 3.8) is 0 Å². The van der Waals surface area contributed by atoms with Crippen LogP contribution in [0.1, 0.15) is 12.6 Å². The highest BCUT2D eigenvalue weighted by atomic mass is 16.4. The van der Waals surface area contributed by atoms with E-state index in [-0.39, 0.29) is 0 Å². The fourth-order valence-corrected chi connectivity index (χ4v) is 2.48. The van der Waals surface area contributed by atoms with Gasteiger partial charge in [-0.25, -0.2) is 4.98 Å². The van der Waals surface area contributed by atoms with Crippen molar-refractivity contribution in [2.45, 2.75) is 20.4 Å². The van der Waals surface area contributed by atoms with Crippen LogP contribution in [0.4, 0.5) is 0 Å². The molecule has 0 saturated heterocycles. The van der Waals surface area contributed by atoms with Gasteiger partial charge in [-0.3, -0.25) is 9.67 Å². The van der Waals surface area contributed by atoms with E-state index in [1.54, 1.807) is 12.4 Å². The van der Waals surface area contributed by atoms with Gasteiger partial charge in [-0.1, -0.05) is 18.2 Å². The van der Waals surface area contributed by atoms with Crippen molar-refractivity contribution < 1.29 is 4.42 Å². The Bertz CT molecular complexity index is 1010. The maximum Gasteiger partial charge on any atom is 0.268 e. The number of aryl methyl sites for hydroxylation is 2. The van der Waals surface area contributed by atoms with E-state index in [0.717, 1.165) is 29.1 Å². The number of benzene rings is 1. The van der Waals surface area contributed by atoms with Gasteiger partial charge in [0.15, 0.2) is 0 Å². The van der Waals surface area contributed by atoms with E-state index in [1.807, 2.05) is 55.1 Å². The third kappa shape index (κ3) is 2.91. The van der Waals surface area contributed by atoms with Crippen LogP contribution in [0.3, 0.4) is 0 Å². The summed E-state index contributed by atoms with van der Waals surface area (Å²) in [6, 6.07) is 9.64. The van der Waals surface area contributed by atoms with E-state index >= 15 is 0 Å². The zero-order chi connectivity index (χ0) is 17.2. The summed E-state index contributed by atoms with van der Waals surface area (Å²) in [7, 11) is 0. The Morgan fingerprint density at radius 1 is 1.00 bits per heavy atom. The Labute approximate surface area is 144 Å². The highest BCUT2D eigenvalue weighted by Gasteiger charge is 2.16. The van der Waals surface area contributed by atoms with Crippen LogP contribution in [0.2, 0.25) is 0 Å². The van der Waals surface area contributed by atoms with Crippen LogP contribution in [-0.4, -0.2) is 29.9 Å². The Morgan fingerprint density at radius 3 is 2.56 bits per heavy atom. The second-order valence-electron chi connectivity index (χ2n) is 5.55. The van der Waals surface area contributed by atoms with E-state index in [0.29, 0.717) is 17.5 Å². The maximum atomic E-state index is 5.81. The topological polar surface area (TPSA) is 82.5 Å². The van der Waals surface area contributed by atoms with E-state index in [2.05, 4.69) is 25.3 Å². The first-order valence-electron chi connectivity index (χ1n) is 8.00. The molecule has 4 rings (SSSR count). The van der Waals surface area contributed by atoms with Gasteiger partial charge in [0.2, 0.25) is 5.89 Å². The monoisotopic (exact) mass is 332 g/mol. The van der Waals surface area contributed by atoms with E-state index in [9.17, 15) is 0 Å². The molecule has 1 aromatic carbocycles. The maximum absolute atomic E-state index is 5.81. The quantitative estimate of drug-likeness (QED) is 0.570. The van der Waals surface area contributed by atoms with Crippen LogP contribution >= 0.6 is 0 Å². The predicted molar refractivity (Wildman–Crippen MR) is 92.4 cm³/mol. The number of rotatable bonds is 4. The van der Waals surface area contributed by atoms with Crippen molar-refractivity contribution in [1.29, 1.82) is 0 Å². The molecule has 0 aliphatic heterocycles. The molecule has 0 aliphatic rings. The van der Waals surface area contributed by atoms with Gasteiger partial charge in [0, 0.05) is 23.9 Å². The van der Waals surface area contributed by atoms with Crippen molar-refractivity contribution in [3.05, 3.63) is 54.6 Å². The molecule has 0 radical (unpaired) electrons. The molecule has 0 unspecified atom stereocenters. The molecule has 25 heavy (non-hydrogen) atoms. The van der Waals surface area contributed by atoms with Gasteiger partial charge in [-0.2, -0.15) is 5.10 Å². The van der Waals surface area contributed by atoms with Crippen LogP contribution in [0.5, 0.6) is 0 Å². The molecule has 7 heteroatoms. The number of nitrogens with zero attached hydrogens (tertiary/aromatic N) is 6. The van der Waals surface area contributed by atoms with Gasteiger partial charge in [-0.05, 0) is 26.0 Å². The minimum Gasteiger partial charge on any atom is -0.415 e. The smallest absolute Gasteiger partial charge is 0.268 e. The summed E-state index contributed by atoms with van der Waals surface area (Å²) in [5.74, 6) is 0.814. The van der Waals surface area contributed by atoms with Crippen molar-refractivity contribution >= 4 is 0 Å². The molecular weight excluding hydrogens is 316 g/mol. The first-order chi connectivity index (χ1) is 12.2. The fourth-order valence-electron chi connectivity index (χ4n) is 2.48. The van der Waals surface area contributed by atoms with Crippen molar-refractivity contribution in [1.82, 2.24) is 29.9 Å².